The van der Waals surface area contributed by atoms with Crippen molar-refractivity contribution in [2.45, 2.75) is 31.7 Å². The fraction of sp³-hybridized carbons (Fsp3) is 1.00. The lowest BCUT2D eigenvalue weighted by molar-refractivity contribution is -0.178. The predicted octanol–water partition coefficient (Wildman–Crippen LogP) is 0.537. The molecular formula is C9H18O4. The standard InChI is InChI=1S/C9H18O4/c1-11-6-8(10)7-13-9-4-2-3-5-12-9/h8-10H,2-7H2,1H3. The quantitative estimate of drug-likeness (QED) is 0.687. The Labute approximate surface area is 78.8 Å². The Morgan fingerprint density at radius 1 is 1.46 bits per heavy atom. The number of rotatable bonds is 5. The minimum Gasteiger partial charge on any atom is -0.388 e. The molecule has 1 heterocycles. The monoisotopic (exact) mass is 190 g/mol. The van der Waals surface area contributed by atoms with Gasteiger partial charge in [-0.1, -0.05) is 0 Å². The zero-order valence-corrected chi connectivity index (χ0v) is 8.07. The molecule has 4 heteroatoms. The summed E-state index contributed by atoms with van der Waals surface area (Å²) in [5, 5.41) is 9.27. The molecule has 0 aromatic rings. The lowest BCUT2D eigenvalue weighted by Crippen LogP contribution is -2.28. The van der Waals surface area contributed by atoms with Crippen LogP contribution in [0.1, 0.15) is 19.3 Å². The summed E-state index contributed by atoms with van der Waals surface area (Å²) in [6.07, 6.45) is 2.52. The summed E-state index contributed by atoms with van der Waals surface area (Å²) in [4.78, 5) is 0. The number of hydrogen-bond acceptors (Lipinski definition) is 4. The van der Waals surface area contributed by atoms with E-state index >= 15 is 0 Å². The fourth-order valence-corrected chi connectivity index (χ4v) is 1.30. The molecule has 0 aliphatic carbocycles. The number of methoxy groups -OCH3 is 1. The topological polar surface area (TPSA) is 47.9 Å². The van der Waals surface area contributed by atoms with Gasteiger partial charge in [-0.05, 0) is 19.3 Å². The van der Waals surface area contributed by atoms with Crippen LogP contribution in [-0.4, -0.2) is 44.4 Å². The van der Waals surface area contributed by atoms with Crippen molar-refractivity contribution in [2.75, 3.05) is 26.9 Å². The van der Waals surface area contributed by atoms with Crippen LogP contribution in [0, 0.1) is 0 Å². The average molecular weight is 190 g/mol. The van der Waals surface area contributed by atoms with E-state index in [9.17, 15) is 5.11 Å². The first-order chi connectivity index (χ1) is 6.33. The molecule has 1 aliphatic heterocycles. The van der Waals surface area contributed by atoms with Gasteiger partial charge in [-0.25, -0.2) is 0 Å². The summed E-state index contributed by atoms with van der Waals surface area (Å²) in [6.45, 7) is 1.37. The molecule has 0 spiro atoms. The molecule has 0 saturated carbocycles. The highest BCUT2D eigenvalue weighted by atomic mass is 16.7. The van der Waals surface area contributed by atoms with Crippen LogP contribution < -0.4 is 0 Å². The smallest absolute Gasteiger partial charge is 0.157 e. The van der Waals surface area contributed by atoms with Crippen molar-refractivity contribution in [1.29, 1.82) is 0 Å². The van der Waals surface area contributed by atoms with E-state index < -0.39 is 6.10 Å². The Morgan fingerprint density at radius 3 is 2.92 bits per heavy atom. The van der Waals surface area contributed by atoms with Crippen LogP contribution in [0.2, 0.25) is 0 Å². The Balaban J connectivity index is 2.03. The van der Waals surface area contributed by atoms with E-state index in [1.165, 1.54) is 0 Å². The van der Waals surface area contributed by atoms with Gasteiger partial charge in [0.15, 0.2) is 6.29 Å². The van der Waals surface area contributed by atoms with E-state index in [4.69, 9.17) is 14.2 Å². The molecule has 1 fully saturated rings. The van der Waals surface area contributed by atoms with E-state index in [-0.39, 0.29) is 6.29 Å². The van der Waals surface area contributed by atoms with Crippen LogP contribution in [0.25, 0.3) is 0 Å². The fourth-order valence-electron chi connectivity index (χ4n) is 1.30. The second kappa shape index (κ2) is 6.32. The highest BCUT2D eigenvalue weighted by Gasteiger charge is 2.15. The molecule has 78 valence electrons. The first kappa shape index (κ1) is 10.9. The zero-order chi connectivity index (χ0) is 9.52. The number of hydrogen-bond donors (Lipinski definition) is 1. The van der Waals surface area contributed by atoms with Gasteiger partial charge in [0, 0.05) is 13.7 Å². The highest BCUT2D eigenvalue weighted by Crippen LogP contribution is 2.13. The van der Waals surface area contributed by atoms with E-state index in [1.54, 1.807) is 7.11 Å². The normalized spacial score (nSPS) is 25.8. The molecule has 1 aliphatic rings. The van der Waals surface area contributed by atoms with Gasteiger partial charge in [0.1, 0.15) is 6.10 Å². The van der Waals surface area contributed by atoms with Crippen LogP contribution in [0.5, 0.6) is 0 Å². The molecule has 0 radical (unpaired) electrons. The molecule has 1 saturated heterocycles. The van der Waals surface area contributed by atoms with Gasteiger partial charge in [0.2, 0.25) is 0 Å². The minimum atomic E-state index is -0.546. The van der Waals surface area contributed by atoms with Gasteiger partial charge in [-0.3, -0.25) is 0 Å². The molecule has 4 nitrogen and oxygen atoms in total. The largest absolute Gasteiger partial charge is 0.388 e. The van der Waals surface area contributed by atoms with Gasteiger partial charge < -0.3 is 19.3 Å². The second-order valence-corrected chi connectivity index (χ2v) is 3.24. The SMILES string of the molecule is COCC(O)COC1CCCCO1. The molecule has 0 aromatic heterocycles. The van der Waals surface area contributed by atoms with Gasteiger partial charge in [0.05, 0.1) is 13.2 Å². The Kier molecular flexibility index (Phi) is 5.31. The van der Waals surface area contributed by atoms with Crippen LogP contribution >= 0.6 is 0 Å². The predicted molar refractivity (Wildman–Crippen MR) is 47.4 cm³/mol. The maximum atomic E-state index is 9.27. The third kappa shape index (κ3) is 4.57. The van der Waals surface area contributed by atoms with E-state index in [2.05, 4.69) is 0 Å². The molecule has 1 N–H and O–H groups in total. The lowest BCUT2D eigenvalue weighted by Gasteiger charge is -2.23. The highest BCUT2D eigenvalue weighted by molar-refractivity contribution is 4.56. The molecule has 1 rings (SSSR count). The number of aliphatic hydroxyl groups is 1. The van der Waals surface area contributed by atoms with Crippen LogP contribution in [0.15, 0.2) is 0 Å². The van der Waals surface area contributed by atoms with Crippen LogP contribution in [-0.2, 0) is 14.2 Å². The molecule has 0 amide bonds. The van der Waals surface area contributed by atoms with Crippen molar-refractivity contribution in [2.24, 2.45) is 0 Å². The zero-order valence-electron chi connectivity index (χ0n) is 8.07. The molecule has 2 unspecified atom stereocenters. The molecule has 13 heavy (non-hydrogen) atoms. The third-order valence-electron chi connectivity index (χ3n) is 1.97. The van der Waals surface area contributed by atoms with E-state index in [0.29, 0.717) is 13.2 Å². The average Bonchev–Trinajstić information content (AvgIpc) is 2.17. The van der Waals surface area contributed by atoms with Crippen LogP contribution in [0.3, 0.4) is 0 Å². The van der Waals surface area contributed by atoms with E-state index in [0.717, 1.165) is 25.9 Å². The van der Waals surface area contributed by atoms with E-state index in [1.807, 2.05) is 0 Å². The van der Waals surface area contributed by atoms with Gasteiger partial charge in [0.25, 0.3) is 0 Å². The summed E-state index contributed by atoms with van der Waals surface area (Å²) in [6, 6.07) is 0. The molecule has 2 atom stereocenters. The van der Waals surface area contributed by atoms with Gasteiger partial charge in [-0.15, -0.1) is 0 Å². The first-order valence-corrected chi connectivity index (χ1v) is 4.73. The second-order valence-electron chi connectivity index (χ2n) is 3.24. The summed E-state index contributed by atoms with van der Waals surface area (Å²) < 4.78 is 15.5. The van der Waals surface area contributed by atoms with Gasteiger partial charge in [-0.2, -0.15) is 0 Å². The van der Waals surface area contributed by atoms with Crippen molar-refractivity contribution < 1.29 is 19.3 Å². The maximum absolute atomic E-state index is 9.27. The third-order valence-corrected chi connectivity index (χ3v) is 1.97. The Morgan fingerprint density at radius 2 is 2.31 bits per heavy atom. The van der Waals surface area contributed by atoms with Crippen molar-refractivity contribution in [3.05, 3.63) is 0 Å². The van der Waals surface area contributed by atoms with Crippen molar-refractivity contribution in [1.82, 2.24) is 0 Å². The maximum Gasteiger partial charge on any atom is 0.157 e. The molecule has 0 bridgehead atoms. The number of ether oxygens (including phenoxy) is 3. The Bertz CT molecular complexity index is 123. The molecular weight excluding hydrogens is 172 g/mol. The summed E-state index contributed by atoms with van der Waals surface area (Å²) in [5.74, 6) is 0. The van der Waals surface area contributed by atoms with Crippen molar-refractivity contribution in [3.8, 4) is 0 Å². The lowest BCUT2D eigenvalue weighted by atomic mass is 10.2. The summed E-state index contributed by atoms with van der Waals surface area (Å²) in [7, 11) is 1.56. The summed E-state index contributed by atoms with van der Waals surface area (Å²) >= 11 is 0. The summed E-state index contributed by atoms with van der Waals surface area (Å²) in [5.41, 5.74) is 0. The van der Waals surface area contributed by atoms with Gasteiger partial charge >= 0.3 is 0 Å². The van der Waals surface area contributed by atoms with Crippen LogP contribution in [0.4, 0.5) is 0 Å². The minimum absolute atomic E-state index is 0.125. The van der Waals surface area contributed by atoms with Crippen molar-refractivity contribution in [3.63, 3.8) is 0 Å². The molecule has 0 aromatic carbocycles. The van der Waals surface area contributed by atoms with Crippen molar-refractivity contribution >= 4 is 0 Å². The first-order valence-electron chi connectivity index (χ1n) is 4.73. The number of aliphatic hydroxyl groups excluding tert-OH is 1. The Hall–Kier alpha value is -0.160.